The molecule has 1 aromatic carbocycles. The first-order valence-corrected chi connectivity index (χ1v) is 9.85. The molecule has 3 rings (SSSR count). The molecule has 0 aliphatic carbocycles. The number of benzene rings is 1. The third-order valence-electron chi connectivity index (χ3n) is 4.40. The van der Waals surface area contributed by atoms with E-state index < -0.39 is 10.0 Å². The molecular weight excluding hydrogens is 352 g/mol. The van der Waals surface area contributed by atoms with E-state index in [0.29, 0.717) is 23.7 Å². The maximum absolute atomic E-state index is 12.9. The van der Waals surface area contributed by atoms with Crippen LogP contribution in [0.5, 0.6) is 0 Å². The molecule has 2 heterocycles. The Bertz CT molecular complexity index is 892. The van der Waals surface area contributed by atoms with E-state index in [2.05, 4.69) is 10.3 Å². The fourth-order valence-electron chi connectivity index (χ4n) is 2.90. The molecule has 1 aliphatic heterocycles. The highest BCUT2D eigenvalue weighted by atomic mass is 32.2. The molecule has 26 heavy (non-hydrogen) atoms. The fourth-order valence-corrected chi connectivity index (χ4v) is 4.63. The summed E-state index contributed by atoms with van der Waals surface area (Å²) in [4.78, 5) is 18.2. The first kappa shape index (κ1) is 18.3. The van der Waals surface area contributed by atoms with E-state index in [-0.39, 0.29) is 19.1 Å². The van der Waals surface area contributed by atoms with Gasteiger partial charge in [0.1, 0.15) is 0 Å². The second-order valence-corrected chi connectivity index (χ2v) is 8.24. The topological polar surface area (TPSA) is 82.6 Å². The molecule has 0 spiro atoms. The van der Waals surface area contributed by atoms with Crippen LogP contribution >= 0.6 is 0 Å². The SMILES string of the molecule is Cc1ccc(C)c(S(=O)(=O)N2CCN(C(=O)Nc3cccnc3)CC2)c1. The van der Waals surface area contributed by atoms with Gasteiger partial charge in [0.05, 0.1) is 16.8 Å². The summed E-state index contributed by atoms with van der Waals surface area (Å²) in [5, 5.41) is 2.77. The quantitative estimate of drug-likeness (QED) is 0.893. The van der Waals surface area contributed by atoms with Crippen molar-refractivity contribution in [2.75, 3.05) is 31.5 Å². The molecule has 0 radical (unpaired) electrons. The molecule has 0 bridgehead atoms. The van der Waals surface area contributed by atoms with E-state index in [1.165, 1.54) is 4.31 Å². The lowest BCUT2D eigenvalue weighted by atomic mass is 10.2. The molecular formula is C18H22N4O3S. The van der Waals surface area contributed by atoms with Crippen molar-refractivity contribution in [1.82, 2.24) is 14.2 Å². The molecule has 1 saturated heterocycles. The van der Waals surface area contributed by atoms with Gasteiger partial charge in [0.2, 0.25) is 10.0 Å². The number of urea groups is 1. The minimum Gasteiger partial charge on any atom is -0.322 e. The molecule has 2 amide bonds. The van der Waals surface area contributed by atoms with Crippen LogP contribution in [0.1, 0.15) is 11.1 Å². The fraction of sp³-hybridized carbons (Fsp3) is 0.333. The number of hydrogen-bond donors (Lipinski definition) is 1. The number of amides is 2. The van der Waals surface area contributed by atoms with Crippen LogP contribution in [0.2, 0.25) is 0 Å². The minimum absolute atomic E-state index is 0.248. The van der Waals surface area contributed by atoms with E-state index in [4.69, 9.17) is 0 Å². The lowest BCUT2D eigenvalue weighted by molar-refractivity contribution is 0.184. The normalized spacial score (nSPS) is 15.7. The predicted octanol–water partition coefficient (Wildman–Crippen LogP) is 2.24. The molecule has 7 nitrogen and oxygen atoms in total. The summed E-state index contributed by atoms with van der Waals surface area (Å²) in [6.45, 7) is 4.90. The number of carbonyl (C=O) groups is 1. The van der Waals surface area contributed by atoms with Crippen molar-refractivity contribution in [3.63, 3.8) is 0 Å². The van der Waals surface area contributed by atoms with Crippen LogP contribution in [0.25, 0.3) is 0 Å². The zero-order valence-corrected chi connectivity index (χ0v) is 15.7. The van der Waals surface area contributed by atoms with Crippen molar-refractivity contribution in [1.29, 1.82) is 0 Å². The van der Waals surface area contributed by atoms with Gasteiger partial charge in [-0.1, -0.05) is 12.1 Å². The first-order chi connectivity index (χ1) is 12.4. The number of sulfonamides is 1. The van der Waals surface area contributed by atoms with E-state index in [1.54, 1.807) is 42.4 Å². The second kappa shape index (κ2) is 7.43. The second-order valence-electron chi connectivity index (χ2n) is 6.33. The molecule has 8 heteroatoms. The van der Waals surface area contributed by atoms with Gasteiger partial charge in [0.25, 0.3) is 0 Å². The first-order valence-electron chi connectivity index (χ1n) is 8.41. The van der Waals surface area contributed by atoms with Crippen molar-refractivity contribution in [3.05, 3.63) is 53.9 Å². The van der Waals surface area contributed by atoms with Crippen molar-refractivity contribution in [2.24, 2.45) is 0 Å². The highest BCUT2D eigenvalue weighted by Gasteiger charge is 2.31. The van der Waals surface area contributed by atoms with Gasteiger partial charge < -0.3 is 10.2 Å². The Morgan fingerprint density at radius 1 is 1.12 bits per heavy atom. The van der Waals surface area contributed by atoms with Crippen LogP contribution in [0.15, 0.2) is 47.6 Å². The smallest absolute Gasteiger partial charge is 0.321 e. The van der Waals surface area contributed by atoms with Crippen LogP contribution in [-0.2, 0) is 10.0 Å². The van der Waals surface area contributed by atoms with Gasteiger partial charge in [-0.05, 0) is 43.2 Å². The number of nitrogens with one attached hydrogen (secondary N) is 1. The lowest BCUT2D eigenvalue weighted by Gasteiger charge is -2.34. The van der Waals surface area contributed by atoms with Crippen LogP contribution in [0, 0.1) is 13.8 Å². The molecule has 138 valence electrons. The highest BCUT2D eigenvalue weighted by Crippen LogP contribution is 2.22. The van der Waals surface area contributed by atoms with Gasteiger partial charge in [0.15, 0.2) is 0 Å². The molecule has 1 N–H and O–H groups in total. The van der Waals surface area contributed by atoms with E-state index >= 15 is 0 Å². The van der Waals surface area contributed by atoms with Crippen LogP contribution in [0.4, 0.5) is 10.5 Å². The molecule has 2 aromatic rings. The van der Waals surface area contributed by atoms with Crippen molar-refractivity contribution in [3.8, 4) is 0 Å². The molecule has 1 aliphatic rings. The summed E-state index contributed by atoms with van der Waals surface area (Å²) in [6.07, 6.45) is 3.20. The monoisotopic (exact) mass is 374 g/mol. The zero-order chi connectivity index (χ0) is 18.7. The Labute approximate surface area is 153 Å². The van der Waals surface area contributed by atoms with Gasteiger partial charge in [-0.2, -0.15) is 4.31 Å². The van der Waals surface area contributed by atoms with Gasteiger partial charge in [-0.25, -0.2) is 13.2 Å². The Kier molecular flexibility index (Phi) is 5.24. The third kappa shape index (κ3) is 3.86. The maximum atomic E-state index is 12.9. The Morgan fingerprint density at radius 2 is 1.85 bits per heavy atom. The minimum atomic E-state index is -3.56. The predicted molar refractivity (Wildman–Crippen MR) is 99.5 cm³/mol. The average molecular weight is 374 g/mol. The van der Waals surface area contributed by atoms with Crippen LogP contribution in [-0.4, -0.2) is 54.8 Å². The van der Waals surface area contributed by atoms with Crippen molar-refractivity contribution >= 4 is 21.7 Å². The third-order valence-corrected chi connectivity index (χ3v) is 6.44. The zero-order valence-electron chi connectivity index (χ0n) is 14.8. The molecule has 0 atom stereocenters. The van der Waals surface area contributed by atoms with Crippen LogP contribution in [0.3, 0.4) is 0 Å². The number of nitrogens with zero attached hydrogens (tertiary/aromatic N) is 3. The van der Waals surface area contributed by atoms with Gasteiger partial charge in [-0.15, -0.1) is 0 Å². The summed E-state index contributed by atoms with van der Waals surface area (Å²) in [5.74, 6) is 0. The Hall–Kier alpha value is -2.45. The largest absolute Gasteiger partial charge is 0.322 e. The summed E-state index contributed by atoms with van der Waals surface area (Å²) < 4.78 is 27.3. The van der Waals surface area contributed by atoms with E-state index in [9.17, 15) is 13.2 Å². The van der Waals surface area contributed by atoms with Crippen molar-refractivity contribution in [2.45, 2.75) is 18.7 Å². The number of anilines is 1. The number of hydrogen-bond acceptors (Lipinski definition) is 4. The summed E-state index contributed by atoms with van der Waals surface area (Å²) >= 11 is 0. The molecule has 0 saturated carbocycles. The number of carbonyl (C=O) groups excluding carboxylic acids is 1. The molecule has 0 unspecified atom stereocenters. The Balaban J connectivity index is 1.66. The molecule has 1 fully saturated rings. The van der Waals surface area contributed by atoms with Gasteiger partial charge in [0, 0.05) is 32.4 Å². The summed E-state index contributed by atoms with van der Waals surface area (Å²) in [6, 6.07) is 8.67. The molecule has 1 aromatic heterocycles. The van der Waals surface area contributed by atoms with Crippen molar-refractivity contribution < 1.29 is 13.2 Å². The highest BCUT2D eigenvalue weighted by molar-refractivity contribution is 7.89. The maximum Gasteiger partial charge on any atom is 0.321 e. The number of pyridine rings is 1. The average Bonchev–Trinajstić information content (AvgIpc) is 2.64. The van der Waals surface area contributed by atoms with Gasteiger partial charge in [-0.3, -0.25) is 4.98 Å². The van der Waals surface area contributed by atoms with E-state index in [1.807, 2.05) is 19.1 Å². The van der Waals surface area contributed by atoms with Crippen LogP contribution < -0.4 is 5.32 Å². The van der Waals surface area contributed by atoms with E-state index in [0.717, 1.165) is 11.1 Å². The Morgan fingerprint density at radius 3 is 2.50 bits per heavy atom. The lowest BCUT2D eigenvalue weighted by Crippen LogP contribution is -2.51. The number of aryl methyl sites for hydroxylation is 2. The summed E-state index contributed by atoms with van der Waals surface area (Å²) in [7, 11) is -3.56. The number of piperazine rings is 1. The van der Waals surface area contributed by atoms with Gasteiger partial charge >= 0.3 is 6.03 Å². The number of rotatable bonds is 3. The standard InChI is InChI=1S/C18H22N4O3S/c1-14-5-6-15(2)17(12-14)26(24,25)22-10-8-21(9-11-22)18(23)20-16-4-3-7-19-13-16/h3-7,12-13H,8-11H2,1-2H3,(H,20,23). The summed E-state index contributed by atoms with van der Waals surface area (Å²) in [5.41, 5.74) is 2.25. The number of aromatic nitrogens is 1.